The second-order valence-electron chi connectivity index (χ2n) is 7.22. The fourth-order valence-corrected chi connectivity index (χ4v) is 5.91. The number of thioether (sulfide) groups is 1. The number of carbonyl (C=O) groups is 1. The second kappa shape index (κ2) is 10.3. The lowest BCUT2D eigenvalue weighted by atomic mass is 10.2. The normalized spacial score (nSPS) is 14.6. The SMILES string of the molecule is CCOc1ccc(Oc2ccccc2NC(=O)c2cc(S(=O)(=O)N3CCSCC3)c[nH]2)cc1. The fraction of sp³-hybridized carbons (Fsp3) is 0.261. The number of sulfonamides is 1. The lowest BCUT2D eigenvalue weighted by molar-refractivity contribution is 0.102. The maximum Gasteiger partial charge on any atom is 0.272 e. The molecule has 1 aliphatic heterocycles. The summed E-state index contributed by atoms with van der Waals surface area (Å²) in [4.78, 5) is 15.7. The van der Waals surface area contributed by atoms with Crippen molar-refractivity contribution in [3.63, 3.8) is 0 Å². The predicted octanol–water partition coefficient (Wildman–Crippen LogP) is 4.20. The molecule has 0 unspecified atom stereocenters. The Morgan fingerprint density at radius 2 is 1.79 bits per heavy atom. The lowest BCUT2D eigenvalue weighted by Gasteiger charge is -2.24. The summed E-state index contributed by atoms with van der Waals surface area (Å²) in [5.74, 6) is 2.86. The fourth-order valence-electron chi connectivity index (χ4n) is 3.34. The van der Waals surface area contributed by atoms with E-state index in [1.165, 1.54) is 16.6 Å². The minimum atomic E-state index is -3.63. The molecule has 1 amide bonds. The van der Waals surface area contributed by atoms with Crippen LogP contribution in [0.5, 0.6) is 17.2 Å². The zero-order valence-corrected chi connectivity index (χ0v) is 19.7. The average molecular weight is 488 g/mol. The average Bonchev–Trinajstić information content (AvgIpc) is 3.34. The zero-order valence-electron chi connectivity index (χ0n) is 18.1. The number of H-pyrrole nitrogens is 1. The van der Waals surface area contributed by atoms with Gasteiger partial charge in [0.25, 0.3) is 5.91 Å². The first kappa shape index (κ1) is 23.2. The van der Waals surface area contributed by atoms with Crippen LogP contribution >= 0.6 is 11.8 Å². The summed E-state index contributed by atoms with van der Waals surface area (Å²) in [7, 11) is -3.63. The van der Waals surface area contributed by atoms with Gasteiger partial charge in [0.1, 0.15) is 22.1 Å². The number of nitrogens with one attached hydrogen (secondary N) is 2. The van der Waals surface area contributed by atoms with E-state index in [2.05, 4.69) is 10.3 Å². The molecule has 1 aliphatic rings. The van der Waals surface area contributed by atoms with Gasteiger partial charge >= 0.3 is 0 Å². The molecule has 2 aromatic carbocycles. The minimum Gasteiger partial charge on any atom is -0.494 e. The third-order valence-corrected chi connectivity index (χ3v) is 7.83. The van der Waals surface area contributed by atoms with Crippen LogP contribution in [0.1, 0.15) is 17.4 Å². The molecule has 174 valence electrons. The van der Waals surface area contributed by atoms with E-state index in [1.807, 2.05) is 19.1 Å². The highest BCUT2D eigenvalue weighted by Gasteiger charge is 2.28. The summed E-state index contributed by atoms with van der Waals surface area (Å²) >= 11 is 1.73. The number of carbonyl (C=O) groups excluding carboxylic acids is 1. The maximum absolute atomic E-state index is 12.8. The highest BCUT2D eigenvalue weighted by molar-refractivity contribution is 7.99. The van der Waals surface area contributed by atoms with Crippen molar-refractivity contribution in [2.24, 2.45) is 0 Å². The molecule has 4 rings (SSSR count). The highest BCUT2D eigenvalue weighted by Crippen LogP contribution is 2.31. The summed E-state index contributed by atoms with van der Waals surface area (Å²) in [6.45, 7) is 3.43. The Labute approximate surface area is 197 Å². The van der Waals surface area contributed by atoms with Gasteiger partial charge < -0.3 is 19.8 Å². The van der Waals surface area contributed by atoms with E-state index in [-0.39, 0.29) is 10.6 Å². The van der Waals surface area contributed by atoms with Crippen molar-refractivity contribution >= 4 is 33.4 Å². The Kier molecular flexibility index (Phi) is 7.26. The number of rotatable bonds is 8. The molecule has 0 saturated carbocycles. The van der Waals surface area contributed by atoms with Crippen LogP contribution < -0.4 is 14.8 Å². The van der Waals surface area contributed by atoms with Gasteiger partial charge in [-0.15, -0.1) is 0 Å². The Balaban J connectivity index is 1.47. The largest absolute Gasteiger partial charge is 0.494 e. The van der Waals surface area contributed by atoms with Crippen molar-refractivity contribution in [1.82, 2.24) is 9.29 Å². The van der Waals surface area contributed by atoms with Crippen LogP contribution in [0.25, 0.3) is 0 Å². The zero-order chi connectivity index (χ0) is 23.3. The number of nitrogens with zero attached hydrogens (tertiary/aromatic N) is 1. The first-order chi connectivity index (χ1) is 16.0. The molecular formula is C23H25N3O5S2. The highest BCUT2D eigenvalue weighted by atomic mass is 32.2. The predicted molar refractivity (Wildman–Crippen MR) is 129 cm³/mol. The Morgan fingerprint density at radius 1 is 1.09 bits per heavy atom. The van der Waals surface area contributed by atoms with Crippen molar-refractivity contribution in [1.29, 1.82) is 0 Å². The standard InChI is InChI=1S/C23H25N3O5S2/c1-2-30-17-7-9-18(10-8-17)31-22-6-4-3-5-20(22)25-23(27)21-15-19(16-24-21)33(28,29)26-11-13-32-14-12-26/h3-10,15-16,24H,2,11-14H2,1H3,(H,25,27). The van der Waals surface area contributed by atoms with Crippen LogP contribution in [0.3, 0.4) is 0 Å². The smallest absolute Gasteiger partial charge is 0.272 e. The summed E-state index contributed by atoms with van der Waals surface area (Å²) in [6, 6.07) is 15.6. The quantitative estimate of drug-likeness (QED) is 0.494. The van der Waals surface area contributed by atoms with Gasteiger partial charge in [0.15, 0.2) is 5.75 Å². The summed E-state index contributed by atoms with van der Waals surface area (Å²) < 4.78 is 38.5. The number of anilines is 1. The number of para-hydroxylation sites is 2. The van der Waals surface area contributed by atoms with Crippen LogP contribution in [0.4, 0.5) is 5.69 Å². The summed E-state index contributed by atoms with van der Waals surface area (Å²) in [5.41, 5.74) is 0.610. The van der Waals surface area contributed by atoms with Gasteiger partial charge in [-0.05, 0) is 49.4 Å². The number of hydrogen-bond acceptors (Lipinski definition) is 6. The van der Waals surface area contributed by atoms with Gasteiger partial charge in [-0.25, -0.2) is 8.42 Å². The van der Waals surface area contributed by atoms with E-state index in [0.29, 0.717) is 36.9 Å². The third kappa shape index (κ3) is 5.52. The molecule has 10 heteroatoms. The maximum atomic E-state index is 12.8. The Bertz CT molecular complexity index is 1200. The van der Waals surface area contributed by atoms with Crippen molar-refractivity contribution < 1.29 is 22.7 Å². The van der Waals surface area contributed by atoms with Crippen LogP contribution in [-0.2, 0) is 10.0 Å². The third-order valence-electron chi connectivity index (χ3n) is 5.01. The minimum absolute atomic E-state index is 0.0819. The number of hydrogen-bond donors (Lipinski definition) is 2. The number of amides is 1. The van der Waals surface area contributed by atoms with Crippen LogP contribution in [-0.4, -0.2) is 54.8 Å². The second-order valence-corrected chi connectivity index (χ2v) is 10.4. The van der Waals surface area contributed by atoms with E-state index in [1.54, 1.807) is 48.2 Å². The molecule has 8 nitrogen and oxygen atoms in total. The first-order valence-corrected chi connectivity index (χ1v) is 13.1. The van der Waals surface area contributed by atoms with Gasteiger partial charge in [-0.1, -0.05) is 12.1 Å². The van der Waals surface area contributed by atoms with Gasteiger partial charge in [-0.3, -0.25) is 4.79 Å². The number of aromatic nitrogens is 1. The molecule has 1 fully saturated rings. The Morgan fingerprint density at radius 3 is 2.52 bits per heavy atom. The van der Waals surface area contributed by atoms with Crippen molar-refractivity contribution in [3.8, 4) is 17.2 Å². The molecule has 0 radical (unpaired) electrons. The molecule has 0 aliphatic carbocycles. The van der Waals surface area contributed by atoms with Crippen LogP contribution in [0.15, 0.2) is 65.7 Å². The number of ether oxygens (including phenoxy) is 2. The van der Waals surface area contributed by atoms with E-state index < -0.39 is 15.9 Å². The van der Waals surface area contributed by atoms with Crippen LogP contribution in [0.2, 0.25) is 0 Å². The van der Waals surface area contributed by atoms with Crippen LogP contribution in [0, 0.1) is 0 Å². The molecule has 2 heterocycles. The molecule has 0 atom stereocenters. The molecule has 1 saturated heterocycles. The summed E-state index contributed by atoms with van der Waals surface area (Å²) in [5, 5.41) is 2.79. The van der Waals surface area contributed by atoms with Crippen molar-refractivity contribution in [3.05, 3.63) is 66.5 Å². The van der Waals surface area contributed by atoms with Crippen molar-refractivity contribution in [2.45, 2.75) is 11.8 Å². The molecule has 1 aromatic heterocycles. The molecular weight excluding hydrogens is 462 g/mol. The van der Waals surface area contributed by atoms with E-state index in [9.17, 15) is 13.2 Å². The van der Waals surface area contributed by atoms with Gasteiger partial charge in [0.05, 0.1) is 12.3 Å². The molecule has 0 spiro atoms. The van der Waals surface area contributed by atoms with E-state index in [0.717, 1.165) is 17.3 Å². The van der Waals surface area contributed by atoms with E-state index >= 15 is 0 Å². The molecule has 3 aromatic rings. The van der Waals surface area contributed by atoms with E-state index in [4.69, 9.17) is 9.47 Å². The number of aromatic amines is 1. The monoisotopic (exact) mass is 487 g/mol. The van der Waals surface area contributed by atoms with Gasteiger partial charge in [-0.2, -0.15) is 16.1 Å². The van der Waals surface area contributed by atoms with Gasteiger partial charge in [0.2, 0.25) is 10.0 Å². The topological polar surface area (TPSA) is 101 Å². The Hall–Kier alpha value is -2.95. The molecule has 2 N–H and O–H groups in total. The molecule has 33 heavy (non-hydrogen) atoms. The lowest BCUT2D eigenvalue weighted by Crippen LogP contribution is -2.37. The van der Waals surface area contributed by atoms with Gasteiger partial charge in [0, 0.05) is 30.8 Å². The number of benzene rings is 2. The summed E-state index contributed by atoms with van der Waals surface area (Å²) in [6.07, 6.45) is 1.36. The first-order valence-electron chi connectivity index (χ1n) is 10.5. The van der Waals surface area contributed by atoms with Crippen molar-refractivity contribution in [2.75, 3.05) is 36.5 Å². The molecule has 0 bridgehead atoms.